The van der Waals surface area contributed by atoms with Crippen molar-refractivity contribution in [2.24, 2.45) is 9.98 Å². The summed E-state index contributed by atoms with van der Waals surface area (Å²) in [5, 5.41) is 21.5. The fourth-order valence-corrected chi connectivity index (χ4v) is 3.28. The summed E-state index contributed by atoms with van der Waals surface area (Å²) in [6.45, 7) is 0.669. The zero-order valence-corrected chi connectivity index (χ0v) is 16.7. The minimum absolute atomic E-state index is 0.308. The second-order valence-electron chi connectivity index (χ2n) is 6.14. The number of carboxylic acid groups (broad SMARTS) is 2. The molecule has 3 N–H and O–H groups in total. The summed E-state index contributed by atoms with van der Waals surface area (Å²) in [7, 11) is 0. The van der Waals surface area contributed by atoms with Gasteiger partial charge in [0.2, 0.25) is 5.91 Å². The molecule has 0 saturated heterocycles. The fourth-order valence-electron chi connectivity index (χ4n) is 2.92. The van der Waals surface area contributed by atoms with Gasteiger partial charge in [-0.1, -0.05) is 22.0 Å². The summed E-state index contributed by atoms with van der Waals surface area (Å²) in [4.78, 5) is 48.6. The lowest BCUT2D eigenvalue weighted by molar-refractivity contribution is -0.156. The molecule has 0 atom stereocenters. The van der Waals surface area contributed by atoms with Gasteiger partial charge < -0.3 is 15.5 Å². The van der Waals surface area contributed by atoms with E-state index in [4.69, 9.17) is 0 Å². The van der Waals surface area contributed by atoms with Crippen molar-refractivity contribution in [3.8, 4) is 0 Å². The first kappa shape index (κ1) is 20.3. The van der Waals surface area contributed by atoms with Crippen LogP contribution in [-0.4, -0.2) is 56.5 Å². The number of rotatable bonds is 5. The third-order valence-corrected chi connectivity index (χ3v) is 4.69. The highest BCUT2D eigenvalue weighted by atomic mass is 79.9. The molecule has 0 unspecified atom stereocenters. The summed E-state index contributed by atoms with van der Waals surface area (Å²) in [6, 6.07) is 10.3. The fraction of sp³-hybridized carbons (Fsp3) is 0.158. The molecule has 0 fully saturated rings. The van der Waals surface area contributed by atoms with Crippen molar-refractivity contribution >= 4 is 50.9 Å². The number of aromatic nitrogens is 1. The van der Waals surface area contributed by atoms with Gasteiger partial charge in [0.15, 0.2) is 0 Å². The normalized spacial score (nSPS) is 13.4. The standard InChI is InChI=1S/C19H15BrN4O5/c1-10(25)24-19(17(26)27,18(28)29)15-9-22-16(14-4-2-3-7-21-14)12-8-11(20)5-6-13(12)23-15/h2-8H,9H2,1H3,(H,24,25)(H,26,27)(H,28,29). The Morgan fingerprint density at radius 1 is 1.14 bits per heavy atom. The number of carbonyl (C=O) groups excluding carboxylic acids is 1. The van der Waals surface area contributed by atoms with Crippen LogP contribution in [0, 0.1) is 0 Å². The van der Waals surface area contributed by atoms with Gasteiger partial charge in [-0.05, 0) is 30.3 Å². The second kappa shape index (κ2) is 7.92. The van der Waals surface area contributed by atoms with Gasteiger partial charge in [0.1, 0.15) is 0 Å². The molecule has 1 amide bonds. The molecule has 0 aliphatic carbocycles. The highest BCUT2D eigenvalue weighted by Gasteiger charge is 2.53. The molecule has 148 valence electrons. The van der Waals surface area contributed by atoms with Crippen molar-refractivity contribution in [3.05, 3.63) is 58.3 Å². The summed E-state index contributed by atoms with van der Waals surface area (Å²) in [5.74, 6) is -4.37. The summed E-state index contributed by atoms with van der Waals surface area (Å²) in [5.41, 5.74) is -1.29. The average Bonchev–Trinajstić information content (AvgIpc) is 2.85. The van der Waals surface area contributed by atoms with E-state index in [1.165, 1.54) is 0 Å². The maximum atomic E-state index is 12.0. The van der Waals surface area contributed by atoms with E-state index in [0.29, 0.717) is 22.7 Å². The van der Waals surface area contributed by atoms with E-state index >= 15 is 0 Å². The number of aliphatic carboxylic acids is 2. The lowest BCUT2D eigenvalue weighted by atomic mass is 9.92. The van der Waals surface area contributed by atoms with Crippen LogP contribution in [0.25, 0.3) is 0 Å². The average molecular weight is 459 g/mol. The first-order valence-electron chi connectivity index (χ1n) is 8.35. The maximum absolute atomic E-state index is 12.0. The van der Waals surface area contributed by atoms with E-state index in [-0.39, 0.29) is 12.3 Å². The molecule has 1 aliphatic heterocycles. The summed E-state index contributed by atoms with van der Waals surface area (Å²) >= 11 is 3.38. The van der Waals surface area contributed by atoms with Gasteiger partial charge in [-0.3, -0.25) is 19.8 Å². The molecule has 2 heterocycles. The van der Waals surface area contributed by atoms with E-state index in [1.807, 2.05) is 5.32 Å². The van der Waals surface area contributed by atoms with Crippen molar-refractivity contribution < 1.29 is 24.6 Å². The third kappa shape index (κ3) is 3.79. The number of benzene rings is 1. The number of amides is 1. The third-order valence-electron chi connectivity index (χ3n) is 4.20. The van der Waals surface area contributed by atoms with E-state index in [2.05, 4.69) is 30.9 Å². The van der Waals surface area contributed by atoms with Gasteiger partial charge in [-0.2, -0.15) is 0 Å². The molecular weight excluding hydrogens is 444 g/mol. The van der Waals surface area contributed by atoms with Gasteiger partial charge in [-0.25, -0.2) is 9.59 Å². The van der Waals surface area contributed by atoms with Crippen LogP contribution < -0.4 is 5.32 Å². The number of carboxylic acids is 2. The molecule has 10 heteroatoms. The lowest BCUT2D eigenvalue weighted by Crippen LogP contribution is -2.65. The molecule has 29 heavy (non-hydrogen) atoms. The zero-order chi connectivity index (χ0) is 21.2. The Hall–Kier alpha value is -3.40. The number of carbonyl (C=O) groups is 3. The first-order valence-corrected chi connectivity index (χ1v) is 9.14. The quantitative estimate of drug-likeness (QED) is 0.583. The van der Waals surface area contributed by atoms with Crippen molar-refractivity contribution in [2.45, 2.75) is 12.5 Å². The van der Waals surface area contributed by atoms with E-state index in [9.17, 15) is 24.6 Å². The van der Waals surface area contributed by atoms with Crippen molar-refractivity contribution in [3.63, 3.8) is 0 Å². The lowest BCUT2D eigenvalue weighted by Gasteiger charge is -2.26. The molecule has 1 aromatic heterocycles. The highest BCUT2D eigenvalue weighted by Crippen LogP contribution is 2.30. The number of hydrogen-bond acceptors (Lipinski definition) is 6. The van der Waals surface area contributed by atoms with Gasteiger partial charge >= 0.3 is 11.9 Å². The predicted octanol–water partition coefficient (Wildman–Crippen LogP) is 1.81. The van der Waals surface area contributed by atoms with Crippen LogP contribution in [0.5, 0.6) is 0 Å². The number of fused-ring (bicyclic) bond motifs is 1. The molecule has 3 rings (SSSR count). The van der Waals surface area contributed by atoms with Crippen molar-refractivity contribution in [1.82, 2.24) is 10.3 Å². The Labute approximate surface area is 173 Å². The Morgan fingerprint density at radius 2 is 1.86 bits per heavy atom. The van der Waals surface area contributed by atoms with Crippen LogP contribution in [0.15, 0.2) is 57.1 Å². The van der Waals surface area contributed by atoms with Crippen molar-refractivity contribution in [2.75, 3.05) is 6.54 Å². The van der Waals surface area contributed by atoms with Gasteiger partial charge in [-0.15, -0.1) is 0 Å². The number of pyridine rings is 1. The first-order chi connectivity index (χ1) is 13.8. The Morgan fingerprint density at radius 3 is 2.45 bits per heavy atom. The van der Waals surface area contributed by atoms with Crippen LogP contribution >= 0.6 is 15.9 Å². The number of aliphatic imine (C=N–C) groups is 2. The topological polar surface area (TPSA) is 141 Å². The largest absolute Gasteiger partial charge is 0.479 e. The minimum Gasteiger partial charge on any atom is -0.479 e. The van der Waals surface area contributed by atoms with Gasteiger partial charge in [0, 0.05) is 23.2 Å². The number of nitrogens with one attached hydrogen (secondary N) is 1. The molecule has 9 nitrogen and oxygen atoms in total. The molecule has 0 radical (unpaired) electrons. The minimum atomic E-state index is -2.75. The molecule has 0 saturated carbocycles. The molecular formula is C19H15BrN4O5. The molecule has 2 aromatic rings. The van der Waals surface area contributed by atoms with Crippen LogP contribution in [0.3, 0.4) is 0 Å². The van der Waals surface area contributed by atoms with Gasteiger partial charge in [0.05, 0.1) is 29.3 Å². The molecule has 1 aromatic carbocycles. The van der Waals surface area contributed by atoms with Crippen LogP contribution in [-0.2, 0) is 14.4 Å². The van der Waals surface area contributed by atoms with Gasteiger partial charge in [0.25, 0.3) is 5.54 Å². The molecule has 1 aliphatic rings. The van der Waals surface area contributed by atoms with Crippen LogP contribution in [0.4, 0.5) is 5.69 Å². The van der Waals surface area contributed by atoms with E-state index in [0.717, 1.165) is 11.4 Å². The monoisotopic (exact) mass is 458 g/mol. The number of nitrogens with zero attached hydrogens (tertiary/aromatic N) is 3. The number of halogens is 1. The van der Waals surface area contributed by atoms with E-state index < -0.39 is 23.4 Å². The zero-order valence-electron chi connectivity index (χ0n) is 15.1. The van der Waals surface area contributed by atoms with Crippen molar-refractivity contribution in [1.29, 1.82) is 0 Å². The maximum Gasteiger partial charge on any atom is 0.347 e. The Bertz CT molecular complexity index is 1050. The number of hydrogen-bond donors (Lipinski definition) is 3. The highest BCUT2D eigenvalue weighted by molar-refractivity contribution is 9.10. The van der Waals surface area contributed by atoms with E-state index in [1.54, 1.807) is 42.6 Å². The Balaban J connectivity index is 2.26. The summed E-state index contributed by atoms with van der Waals surface area (Å²) in [6.07, 6.45) is 1.58. The van der Waals surface area contributed by atoms with Crippen LogP contribution in [0.2, 0.25) is 0 Å². The Kier molecular flexibility index (Phi) is 5.55. The molecule has 0 spiro atoms. The smallest absolute Gasteiger partial charge is 0.347 e. The second-order valence-corrected chi connectivity index (χ2v) is 7.06. The SMILES string of the molecule is CC(=O)NC(C(=O)O)(C(=O)O)C1=Nc2ccc(Br)cc2C(c2ccccn2)=NC1. The predicted molar refractivity (Wildman–Crippen MR) is 108 cm³/mol. The van der Waals surface area contributed by atoms with Crippen LogP contribution in [0.1, 0.15) is 18.2 Å². The summed E-state index contributed by atoms with van der Waals surface area (Å²) < 4.78 is 0.725. The molecule has 0 bridgehead atoms.